The van der Waals surface area contributed by atoms with Gasteiger partial charge in [-0.1, -0.05) is 13.0 Å². The second-order valence-electron chi connectivity index (χ2n) is 5.00. The number of hydrogen-bond donors (Lipinski definition) is 2. The average Bonchev–Trinajstić information content (AvgIpc) is 2.97. The second-order valence-corrected chi connectivity index (χ2v) is 6.03. The van der Waals surface area contributed by atoms with E-state index >= 15 is 0 Å². The molecule has 0 fully saturated rings. The fourth-order valence-electron chi connectivity index (χ4n) is 2.17. The maximum Gasteiger partial charge on any atom is 0.134 e. The molecule has 0 amide bonds. The van der Waals surface area contributed by atoms with Crippen LogP contribution >= 0.6 is 11.3 Å². The predicted molar refractivity (Wildman–Crippen MR) is 91.4 cm³/mol. The average molecular weight is 304 g/mol. The van der Waals surface area contributed by atoms with Crippen LogP contribution in [0.3, 0.4) is 0 Å². The molecule has 0 unspecified atom stereocenters. The zero-order valence-electron chi connectivity index (χ0n) is 13.1. The van der Waals surface area contributed by atoms with Crippen molar-refractivity contribution < 1.29 is 0 Å². The maximum atomic E-state index is 4.66. The van der Waals surface area contributed by atoms with Crippen molar-refractivity contribution in [3.8, 4) is 0 Å². The van der Waals surface area contributed by atoms with Crippen LogP contribution < -0.4 is 10.6 Å². The first-order chi connectivity index (χ1) is 10.2. The smallest absolute Gasteiger partial charge is 0.134 e. The third-order valence-corrected chi connectivity index (χ3v) is 4.19. The molecule has 2 aromatic heterocycles. The topological polar surface area (TPSA) is 49.8 Å². The molecule has 4 nitrogen and oxygen atoms in total. The van der Waals surface area contributed by atoms with Crippen molar-refractivity contribution in [3.63, 3.8) is 0 Å². The lowest BCUT2D eigenvalue weighted by atomic mass is 10.2. The zero-order valence-corrected chi connectivity index (χ0v) is 13.9. The van der Waals surface area contributed by atoms with Crippen molar-refractivity contribution in [2.75, 3.05) is 23.7 Å². The van der Waals surface area contributed by atoms with Gasteiger partial charge in [-0.05, 0) is 38.1 Å². The summed E-state index contributed by atoms with van der Waals surface area (Å²) in [5.41, 5.74) is 1.10. The van der Waals surface area contributed by atoms with Crippen LogP contribution in [0.25, 0.3) is 0 Å². The van der Waals surface area contributed by atoms with E-state index in [4.69, 9.17) is 0 Å². The molecule has 2 aromatic rings. The minimum Gasteiger partial charge on any atom is -0.370 e. The number of anilines is 2. The number of aromatic nitrogens is 2. The Kier molecular flexibility index (Phi) is 5.99. The van der Waals surface area contributed by atoms with Crippen LogP contribution in [0, 0.1) is 6.92 Å². The van der Waals surface area contributed by atoms with Gasteiger partial charge in [0.15, 0.2) is 0 Å². The monoisotopic (exact) mass is 304 g/mol. The quantitative estimate of drug-likeness (QED) is 0.777. The largest absolute Gasteiger partial charge is 0.370 e. The Labute approximate surface area is 131 Å². The van der Waals surface area contributed by atoms with Crippen molar-refractivity contribution in [2.24, 2.45) is 0 Å². The third-order valence-electron chi connectivity index (χ3n) is 3.25. The number of nitrogens with one attached hydrogen (secondary N) is 2. The summed E-state index contributed by atoms with van der Waals surface area (Å²) in [5.74, 6) is 2.83. The Morgan fingerprint density at radius 1 is 1.10 bits per heavy atom. The van der Waals surface area contributed by atoms with Crippen molar-refractivity contribution >= 4 is 23.0 Å². The molecule has 2 rings (SSSR count). The van der Waals surface area contributed by atoms with E-state index in [-0.39, 0.29) is 0 Å². The molecule has 0 aliphatic heterocycles. The van der Waals surface area contributed by atoms with E-state index < -0.39 is 0 Å². The SMILES string of the molecule is CCCc1nc(NCC)c(C)c(NCCc2cccs2)n1. The molecule has 0 saturated carbocycles. The summed E-state index contributed by atoms with van der Waals surface area (Å²) in [6.45, 7) is 8.08. The molecule has 0 bridgehead atoms. The normalized spacial score (nSPS) is 10.6. The van der Waals surface area contributed by atoms with E-state index in [1.54, 1.807) is 11.3 Å². The van der Waals surface area contributed by atoms with Crippen LogP contribution in [0.4, 0.5) is 11.6 Å². The molecule has 114 valence electrons. The first kappa shape index (κ1) is 15.8. The van der Waals surface area contributed by atoms with Crippen LogP contribution in [0.1, 0.15) is 36.5 Å². The molecule has 0 atom stereocenters. The van der Waals surface area contributed by atoms with E-state index in [2.05, 4.69) is 58.9 Å². The Morgan fingerprint density at radius 2 is 1.86 bits per heavy atom. The molecule has 0 aromatic carbocycles. The number of thiophene rings is 1. The first-order valence-corrected chi connectivity index (χ1v) is 8.50. The second kappa shape index (κ2) is 7.98. The summed E-state index contributed by atoms with van der Waals surface area (Å²) < 4.78 is 0. The molecule has 0 aliphatic carbocycles. The Morgan fingerprint density at radius 3 is 2.48 bits per heavy atom. The molecule has 5 heteroatoms. The molecule has 2 heterocycles. The molecule has 0 aliphatic rings. The summed E-state index contributed by atoms with van der Waals surface area (Å²) in [7, 11) is 0. The van der Waals surface area contributed by atoms with Crippen LogP contribution in [0.5, 0.6) is 0 Å². The number of hydrogen-bond acceptors (Lipinski definition) is 5. The van der Waals surface area contributed by atoms with Gasteiger partial charge < -0.3 is 10.6 Å². The lowest BCUT2D eigenvalue weighted by molar-refractivity contribution is 0.829. The molecule has 0 spiro atoms. The van der Waals surface area contributed by atoms with Gasteiger partial charge in [-0.25, -0.2) is 9.97 Å². The number of nitrogens with zero attached hydrogens (tertiary/aromatic N) is 2. The standard InChI is InChI=1S/C16H24N4S/c1-4-7-14-19-15(17-5-2)12(3)16(20-14)18-10-9-13-8-6-11-21-13/h6,8,11H,4-5,7,9-10H2,1-3H3,(H2,17,18,19,20). The fraction of sp³-hybridized carbons (Fsp3) is 0.500. The third kappa shape index (κ3) is 4.43. The number of aryl methyl sites for hydroxylation is 1. The Hall–Kier alpha value is -1.62. The summed E-state index contributed by atoms with van der Waals surface area (Å²) in [6.07, 6.45) is 3.00. The highest BCUT2D eigenvalue weighted by Crippen LogP contribution is 2.20. The van der Waals surface area contributed by atoms with Gasteiger partial charge in [0.25, 0.3) is 0 Å². The summed E-state index contributed by atoms with van der Waals surface area (Å²) in [5, 5.41) is 8.91. The van der Waals surface area contributed by atoms with Gasteiger partial charge in [0.2, 0.25) is 0 Å². The molecular formula is C16H24N4S. The van der Waals surface area contributed by atoms with Crippen molar-refractivity contribution in [2.45, 2.75) is 40.0 Å². The summed E-state index contributed by atoms with van der Waals surface area (Å²) >= 11 is 1.80. The van der Waals surface area contributed by atoms with Gasteiger partial charge in [0.05, 0.1) is 0 Å². The number of rotatable bonds is 8. The van der Waals surface area contributed by atoms with Gasteiger partial charge in [-0.2, -0.15) is 0 Å². The maximum absolute atomic E-state index is 4.66. The van der Waals surface area contributed by atoms with E-state index in [0.29, 0.717) is 0 Å². The fourth-order valence-corrected chi connectivity index (χ4v) is 2.88. The molecule has 21 heavy (non-hydrogen) atoms. The van der Waals surface area contributed by atoms with Crippen LogP contribution in [-0.2, 0) is 12.8 Å². The van der Waals surface area contributed by atoms with Gasteiger partial charge >= 0.3 is 0 Å². The molecule has 0 radical (unpaired) electrons. The van der Waals surface area contributed by atoms with E-state index in [9.17, 15) is 0 Å². The van der Waals surface area contributed by atoms with Crippen LogP contribution in [0.2, 0.25) is 0 Å². The van der Waals surface area contributed by atoms with Crippen LogP contribution in [0.15, 0.2) is 17.5 Å². The Bertz CT molecular complexity index is 552. The van der Waals surface area contributed by atoms with Crippen molar-refractivity contribution in [1.82, 2.24) is 9.97 Å². The molecule has 2 N–H and O–H groups in total. The van der Waals surface area contributed by atoms with Crippen molar-refractivity contribution in [1.29, 1.82) is 0 Å². The lowest BCUT2D eigenvalue weighted by Gasteiger charge is -2.14. The molecule has 0 saturated heterocycles. The van der Waals surface area contributed by atoms with E-state index in [1.807, 2.05) is 0 Å². The van der Waals surface area contributed by atoms with Crippen molar-refractivity contribution in [3.05, 3.63) is 33.8 Å². The highest BCUT2D eigenvalue weighted by atomic mass is 32.1. The van der Waals surface area contributed by atoms with Gasteiger partial charge in [-0.3, -0.25) is 0 Å². The highest BCUT2D eigenvalue weighted by molar-refractivity contribution is 7.09. The van der Waals surface area contributed by atoms with Gasteiger partial charge in [0, 0.05) is 30.0 Å². The first-order valence-electron chi connectivity index (χ1n) is 7.62. The lowest BCUT2D eigenvalue weighted by Crippen LogP contribution is -2.12. The van der Waals surface area contributed by atoms with Crippen LogP contribution in [-0.4, -0.2) is 23.1 Å². The summed E-state index contributed by atoms with van der Waals surface area (Å²) in [6, 6.07) is 4.27. The summed E-state index contributed by atoms with van der Waals surface area (Å²) in [4.78, 5) is 10.7. The predicted octanol–water partition coefficient (Wildman–Crippen LogP) is 3.89. The van der Waals surface area contributed by atoms with Gasteiger partial charge in [0.1, 0.15) is 17.5 Å². The minimum absolute atomic E-state index is 0.873. The minimum atomic E-state index is 0.873. The van der Waals surface area contributed by atoms with E-state index in [1.165, 1.54) is 4.88 Å². The molecular weight excluding hydrogens is 280 g/mol. The van der Waals surface area contributed by atoms with Gasteiger partial charge in [-0.15, -0.1) is 11.3 Å². The zero-order chi connectivity index (χ0) is 15.1. The Balaban J connectivity index is 2.08. The van der Waals surface area contributed by atoms with E-state index in [0.717, 1.165) is 55.4 Å². The highest BCUT2D eigenvalue weighted by Gasteiger charge is 2.10.